The number of piperazine rings is 1. The molecular weight excluding hydrogens is 278 g/mol. The molecule has 1 N–H and O–H groups in total. The van der Waals surface area contributed by atoms with Crippen LogP contribution in [-0.2, 0) is 0 Å². The van der Waals surface area contributed by atoms with E-state index >= 15 is 0 Å². The fourth-order valence-corrected chi connectivity index (χ4v) is 2.62. The number of carboxylic acids is 1. The minimum absolute atomic E-state index is 0.185. The minimum atomic E-state index is -0.978. The molecule has 1 aromatic rings. The number of aromatic nitrogens is 1. The van der Waals surface area contributed by atoms with Crippen LogP contribution in [0.5, 0.6) is 0 Å². The second-order valence-corrected chi connectivity index (χ2v) is 5.51. The van der Waals surface area contributed by atoms with Gasteiger partial charge in [-0.25, -0.2) is 9.78 Å². The average Bonchev–Trinajstić information content (AvgIpc) is 2.46. The molecule has 1 atom stereocenters. The molecule has 2 heterocycles. The summed E-state index contributed by atoms with van der Waals surface area (Å²) < 4.78 is 0. The zero-order chi connectivity index (χ0) is 14.7. The van der Waals surface area contributed by atoms with E-state index in [1.54, 1.807) is 6.07 Å². The highest BCUT2D eigenvalue weighted by atomic mass is 35.5. The summed E-state index contributed by atoms with van der Waals surface area (Å²) >= 11 is 5.90. The lowest BCUT2D eigenvalue weighted by Gasteiger charge is -2.38. The van der Waals surface area contributed by atoms with Crippen molar-refractivity contribution in [2.75, 3.05) is 31.1 Å². The second kappa shape index (κ2) is 6.41. The quantitative estimate of drug-likeness (QED) is 0.865. The van der Waals surface area contributed by atoms with Gasteiger partial charge < -0.3 is 10.0 Å². The van der Waals surface area contributed by atoms with Gasteiger partial charge >= 0.3 is 5.97 Å². The highest BCUT2D eigenvalue weighted by Gasteiger charge is 2.22. The predicted octanol–water partition coefficient (Wildman–Crippen LogP) is 2.35. The van der Waals surface area contributed by atoms with Gasteiger partial charge in [0.1, 0.15) is 11.0 Å². The van der Waals surface area contributed by atoms with Crippen LogP contribution < -0.4 is 4.90 Å². The van der Waals surface area contributed by atoms with E-state index in [0.717, 1.165) is 32.6 Å². The topological polar surface area (TPSA) is 56.7 Å². The number of halogens is 1. The summed E-state index contributed by atoms with van der Waals surface area (Å²) in [5.41, 5.74) is 0.185. The monoisotopic (exact) mass is 297 g/mol. The van der Waals surface area contributed by atoms with Crippen molar-refractivity contribution in [3.05, 3.63) is 22.8 Å². The number of pyridine rings is 1. The predicted molar refractivity (Wildman–Crippen MR) is 79.7 cm³/mol. The van der Waals surface area contributed by atoms with Crippen LogP contribution in [0.1, 0.15) is 30.6 Å². The molecule has 1 aliphatic heterocycles. The first-order valence-corrected chi connectivity index (χ1v) is 7.29. The van der Waals surface area contributed by atoms with Crippen LogP contribution in [0.3, 0.4) is 0 Å². The summed E-state index contributed by atoms with van der Waals surface area (Å²) in [6.07, 6.45) is 1.14. The lowest BCUT2D eigenvalue weighted by Crippen LogP contribution is -2.49. The van der Waals surface area contributed by atoms with E-state index in [2.05, 4.69) is 28.6 Å². The molecule has 0 aliphatic carbocycles. The Balaban J connectivity index is 2.09. The third kappa shape index (κ3) is 3.41. The molecule has 0 amide bonds. The first-order chi connectivity index (χ1) is 9.51. The SMILES string of the molecule is CCC(C)N1CCN(c2cc(C(=O)O)cc(Cl)n2)CC1. The number of hydrogen-bond donors (Lipinski definition) is 1. The number of anilines is 1. The maximum atomic E-state index is 11.1. The van der Waals surface area contributed by atoms with Gasteiger partial charge in [-0.15, -0.1) is 0 Å². The molecule has 1 aliphatic rings. The Morgan fingerprint density at radius 3 is 2.60 bits per heavy atom. The molecule has 0 radical (unpaired) electrons. The number of hydrogen-bond acceptors (Lipinski definition) is 4. The fraction of sp³-hybridized carbons (Fsp3) is 0.571. The Morgan fingerprint density at radius 1 is 1.40 bits per heavy atom. The van der Waals surface area contributed by atoms with Crippen molar-refractivity contribution in [3.63, 3.8) is 0 Å². The van der Waals surface area contributed by atoms with Crippen LogP contribution in [-0.4, -0.2) is 53.2 Å². The van der Waals surface area contributed by atoms with Crippen LogP contribution in [0.2, 0.25) is 5.15 Å². The van der Waals surface area contributed by atoms with E-state index in [0.29, 0.717) is 11.9 Å². The number of rotatable bonds is 4. The van der Waals surface area contributed by atoms with Crippen molar-refractivity contribution in [3.8, 4) is 0 Å². The molecule has 0 aromatic carbocycles. The van der Waals surface area contributed by atoms with Crippen molar-refractivity contribution in [1.82, 2.24) is 9.88 Å². The molecule has 1 fully saturated rings. The first kappa shape index (κ1) is 15.1. The molecule has 0 saturated carbocycles. The number of carbonyl (C=O) groups is 1. The zero-order valence-electron chi connectivity index (χ0n) is 11.8. The van der Waals surface area contributed by atoms with Gasteiger partial charge in [0, 0.05) is 32.2 Å². The summed E-state index contributed by atoms with van der Waals surface area (Å²) in [6.45, 7) is 8.04. The maximum Gasteiger partial charge on any atom is 0.335 e. The Kier molecular flexibility index (Phi) is 4.83. The molecule has 0 bridgehead atoms. The lowest BCUT2D eigenvalue weighted by atomic mass is 10.2. The fourth-order valence-electron chi connectivity index (χ4n) is 2.42. The lowest BCUT2D eigenvalue weighted by molar-refractivity contribution is 0.0696. The third-order valence-corrected chi connectivity index (χ3v) is 4.07. The third-order valence-electron chi connectivity index (χ3n) is 3.88. The summed E-state index contributed by atoms with van der Waals surface area (Å²) in [4.78, 5) is 19.8. The van der Waals surface area contributed by atoms with E-state index in [1.165, 1.54) is 6.07 Å². The average molecular weight is 298 g/mol. The molecule has 2 rings (SSSR count). The van der Waals surface area contributed by atoms with Gasteiger partial charge in [-0.3, -0.25) is 4.90 Å². The number of aromatic carboxylic acids is 1. The van der Waals surface area contributed by atoms with E-state index in [4.69, 9.17) is 16.7 Å². The van der Waals surface area contributed by atoms with Crippen molar-refractivity contribution >= 4 is 23.4 Å². The standard InChI is InChI=1S/C14H20ClN3O2/c1-3-10(2)17-4-6-18(7-5-17)13-9-11(14(19)20)8-12(15)16-13/h8-10H,3-7H2,1-2H3,(H,19,20). The zero-order valence-corrected chi connectivity index (χ0v) is 12.6. The molecule has 6 heteroatoms. The van der Waals surface area contributed by atoms with Crippen LogP contribution in [0.4, 0.5) is 5.82 Å². The van der Waals surface area contributed by atoms with Crippen molar-refractivity contribution < 1.29 is 9.90 Å². The van der Waals surface area contributed by atoms with E-state index < -0.39 is 5.97 Å². The molecule has 5 nitrogen and oxygen atoms in total. The van der Waals surface area contributed by atoms with Crippen molar-refractivity contribution in [2.45, 2.75) is 26.3 Å². The summed E-state index contributed by atoms with van der Waals surface area (Å²) in [7, 11) is 0. The smallest absolute Gasteiger partial charge is 0.335 e. The van der Waals surface area contributed by atoms with Crippen LogP contribution in [0, 0.1) is 0 Å². The van der Waals surface area contributed by atoms with Gasteiger partial charge in [-0.05, 0) is 25.5 Å². The van der Waals surface area contributed by atoms with Gasteiger partial charge in [0.2, 0.25) is 0 Å². The molecule has 1 unspecified atom stereocenters. The molecule has 110 valence electrons. The van der Waals surface area contributed by atoms with Gasteiger partial charge in [-0.2, -0.15) is 0 Å². The summed E-state index contributed by atoms with van der Waals surface area (Å²) in [5, 5.41) is 9.29. The Hall–Kier alpha value is -1.33. The number of carboxylic acid groups (broad SMARTS) is 1. The van der Waals surface area contributed by atoms with Crippen molar-refractivity contribution in [1.29, 1.82) is 0 Å². The minimum Gasteiger partial charge on any atom is -0.478 e. The van der Waals surface area contributed by atoms with Crippen LogP contribution >= 0.6 is 11.6 Å². The normalized spacial score (nSPS) is 18.1. The van der Waals surface area contributed by atoms with Crippen LogP contribution in [0.15, 0.2) is 12.1 Å². The van der Waals surface area contributed by atoms with Gasteiger partial charge in [0.25, 0.3) is 0 Å². The molecule has 0 spiro atoms. The largest absolute Gasteiger partial charge is 0.478 e. The summed E-state index contributed by atoms with van der Waals surface area (Å²) in [5.74, 6) is -0.326. The molecule has 1 aromatic heterocycles. The highest BCUT2D eigenvalue weighted by molar-refractivity contribution is 6.29. The van der Waals surface area contributed by atoms with Gasteiger partial charge in [0.05, 0.1) is 5.56 Å². The molecule has 20 heavy (non-hydrogen) atoms. The van der Waals surface area contributed by atoms with E-state index in [9.17, 15) is 4.79 Å². The van der Waals surface area contributed by atoms with Gasteiger partial charge in [-0.1, -0.05) is 18.5 Å². The second-order valence-electron chi connectivity index (χ2n) is 5.12. The Labute approximate surface area is 124 Å². The van der Waals surface area contributed by atoms with Crippen molar-refractivity contribution in [2.24, 2.45) is 0 Å². The molecular formula is C14H20ClN3O2. The van der Waals surface area contributed by atoms with E-state index in [-0.39, 0.29) is 10.7 Å². The number of nitrogens with zero attached hydrogens (tertiary/aromatic N) is 3. The Morgan fingerprint density at radius 2 is 2.05 bits per heavy atom. The molecule has 1 saturated heterocycles. The highest BCUT2D eigenvalue weighted by Crippen LogP contribution is 2.20. The van der Waals surface area contributed by atoms with Gasteiger partial charge in [0.15, 0.2) is 0 Å². The summed E-state index contributed by atoms with van der Waals surface area (Å²) in [6, 6.07) is 3.55. The first-order valence-electron chi connectivity index (χ1n) is 6.91. The maximum absolute atomic E-state index is 11.1. The van der Waals surface area contributed by atoms with Crippen LogP contribution in [0.25, 0.3) is 0 Å². The van der Waals surface area contributed by atoms with E-state index in [1.807, 2.05) is 0 Å². The Bertz CT molecular complexity index is 487.